The van der Waals surface area contributed by atoms with Crippen LogP contribution in [0.5, 0.6) is 0 Å². The fraction of sp³-hybridized carbons (Fsp3) is 0.818. The van der Waals surface area contributed by atoms with E-state index in [9.17, 15) is 0 Å². The molecule has 0 amide bonds. The minimum atomic E-state index is 0.525. The Labute approximate surface area is 95.2 Å². The molecule has 0 bridgehead atoms. The molecule has 2 saturated heterocycles. The highest BCUT2D eigenvalue weighted by molar-refractivity contribution is 4.98. The predicted octanol–water partition coefficient (Wildman–Crippen LogP) is 0.773. The number of nitrogens with one attached hydrogen (secondary N) is 1. The van der Waals surface area contributed by atoms with Gasteiger partial charge < -0.3 is 4.74 Å². The molecule has 3 rings (SSSR count). The van der Waals surface area contributed by atoms with Crippen molar-refractivity contribution >= 4 is 0 Å². The van der Waals surface area contributed by atoms with Gasteiger partial charge in [0, 0.05) is 25.1 Å². The van der Waals surface area contributed by atoms with E-state index in [4.69, 9.17) is 4.74 Å². The van der Waals surface area contributed by atoms with E-state index in [1.54, 1.807) is 6.33 Å². The van der Waals surface area contributed by atoms with Crippen molar-refractivity contribution in [2.75, 3.05) is 26.3 Å². The van der Waals surface area contributed by atoms with Crippen LogP contribution in [0.2, 0.25) is 0 Å². The summed E-state index contributed by atoms with van der Waals surface area (Å²) in [7, 11) is 0. The Bertz CT molecular complexity index is 321. The molecule has 88 valence electrons. The molecule has 2 atom stereocenters. The van der Waals surface area contributed by atoms with Crippen molar-refractivity contribution < 1.29 is 4.74 Å². The van der Waals surface area contributed by atoms with Gasteiger partial charge in [-0.15, -0.1) is 0 Å². The third kappa shape index (κ3) is 1.97. The monoisotopic (exact) mass is 222 g/mol. The Hall–Kier alpha value is -0.940. The summed E-state index contributed by atoms with van der Waals surface area (Å²) >= 11 is 0. The van der Waals surface area contributed by atoms with Crippen LogP contribution >= 0.6 is 0 Å². The molecule has 0 aliphatic carbocycles. The molecule has 2 unspecified atom stereocenters. The lowest BCUT2D eigenvalue weighted by Gasteiger charge is -2.35. The van der Waals surface area contributed by atoms with E-state index in [0.717, 1.165) is 25.6 Å². The van der Waals surface area contributed by atoms with Crippen molar-refractivity contribution in [2.45, 2.75) is 31.2 Å². The highest BCUT2D eigenvalue weighted by Crippen LogP contribution is 2.27. The van der Waals surface area contributed by atoms with Crippen LogP contribution < -0.4 is 0 Å². The molecule has 0 saturated carbocycles. The van der Waals surface area contributed by atoms with Crippen LogP contribution in [0.3, 0.4) is 0 Å². The summed E-state index contributed by atoms with van der Waals surface area (Å²) in [5.74, 6) is 1.57. The second-order valence-corrected chi connectivity index (χ2v) is 4.72. The lowest BCUT2D eigenvalue weighted by atomic mass is 9.96. The maximum atomic E-state index is 5.46. The van der Waals surface area contributed by atoms with Crippen LogP contribution in [0.15, 0.2) is 6.33 Å². The van der Waals surface area contributed by atoms with Gasteiger partial charge in [0.25, 0.3) is 0 Å². The van der Waals surface area contributed by atoms with Gasteiger partial charge in [0.15, 0.2) is 0 Å². The molecule has 5 nitrogen and oxygen atoms in total. The zero-order valence-electron chi connectivity index (χ0n) is 9.43. The van der Waals surface area contributed by atoms with E-state index in [0.29, 0.717) is 12.0 Å². The summed E-state index contributed by atoms with van der Waals surface area (Å²) in [5.41, 5.74) is 0. The average molecular weight is 222 g/mol. The Kier molecular flexibility index (Phi) is 2.88. The molecule has 0 aromatic carbocycles. The first-order valence-corrected chi connectivity index (χ1v) is 6.10. The smallest absolute Gasteiger partial charge is 0.137 e. The third-order valence-corrected chi connectivity index (χ3v) is 3.70. The van der Waals surface area contributed by atoms with E-state index < -0.39 is 0 Å². The van der Waals surface area contributed by atoms with E-state index in [1.165, 1.54) is 25.8 Å². The van der Waals surface area contributed by atoms with Gasteiger partial charge >= 0.3 is 0 Å². The zero-order valence-corrected chi connectivity index (χ0v) is 9.43. The molecular weight excluding hydrogens is 204 g/mol. The average Bonchev–Trinajstić information content (AvgIpc) is 3.03. The van der Waals surface area contributed by atoms with Gasteiger partial charge in [0.05, 0.1) is 6.61 Å². The van der Waals surface area contributed by atoms with Crippen LogP contribution in [-0.4, -0.2) is 52.4 Å². The SMILES string of the molecule is c1n[nH]c(C2CCCN(C3CCOC3)C2)n1. The largest absolute Gasteiger partial charge is 0.380 e. The number of piperidine rings is 1. The number of hydrogen-bond donors (Lipinski definition) is 1. The third-order valence-electron chi connectivity index (χ3n) is 3.70. The Morgan fingerprint density at radius 3 is 3.19 bits per heavy atom. The number of ether oxygens (including phenoxy) is 1. The van der Waals surface area contributed by atoms with Gasteiger partial charge in [-0.3, -0.25) is 10.00 Å². The summed E-state index contributed by atoms with van der Waals surface area (Å²) in [4.78, 5) is 6.84. The Balaban J connectivity index is 1.65. The molecule has 5 heteroatoms. The van der Waals surface area contributed by atoms with Crippen LogP contribution in [-0.2, 0) is 4.74 Å². The summed E-state index contributed by atoms with van der Waals surface area (Å²) in [6.45, 7) is 4.14. The minimum Gasteiger partial charge on any atom is -0.380 e. The molecule has 2 aliphatic rings. The number of aromatic nitrogens is 3. The number of rotatable bonds is 2. The molecule has 3 heterocycles. The first-order valence-electron chi connectivity index (χ1n) is 6.10. The van der Waals surface area contributed by atoms with Crippen molar-refractivity contribution in [2.24, 2.45) is 0 Å². The first kappa shape index (κ1) is 10.2. The molecule has 1 N–H and O–H groups in total. The van der Waals surface area contributed by atoms with Crippen molar-refractivity contribution in [3.63, 3.8) is 0 Å². The number of H-pyrrole nitrogens is 1. The van der Waals surface area contributed by atoms with Crippen molar-refractivity contribution in [3.05, 3.63) is 12.2 Å². The number of nitrogens with zero attached hydrogens (tertiary/aromatic N) is 3. The Morgan fingerprint density at radius 1 is 1.44 bits per heavy atom. The molecule has 16 heavy (non-hydrogen) atoms. The lowest BCUT2D eigenvalue weighted by molar-refractivity contribution is 0.118. The summed E-state index contributed by atoms with van der Waals surface area (Å²) in [6.07, 6.45) is 5.26. The van der Waals surface area contributed by atoms with Crippen LogP contribution in [0.4, 0.5) is 0 Å². The fourth-order valence-corrected chi connectivity index (χ4v) is 2.78. The maximum absolute atomic E-state index is 5.46. The topological polar surface area (TPSA) is 54.0 Å². The molecule has 2 aliphatic heterocycles. The minimum absolute atomic E-state index is 0.525. The second-order valence-electron chi connectivity index (χ2n) is 4.72. The van der Waals surface area contributed by atoms with Crippen molar-refractivity contribution in [1.82, 2.24) is 20.1 Å². The quantitative estimate of drug-likeness (QED) is 0.803. The molecule has 0 radical (unpaired) electrons. The molecule has 0 spiro atoms. The second kappa shape index (κ2) is 4.51. The van der Waals surface area contributed by atoms with Gasteiger partial charge in [-0.25, -0.2) is 4.98 Å². The number of hydrogen-bond acceptors (Lipinski definition) is 4. The van der Waals surface area contributed by atoms with Crippen LogP contribution in [0.1, 0.15) is 31.0 Å². The van der Waals surface area contributed by atoms with E-state index >= 15 is 0 Å². The number of aromatic amines is 1. The first-order chi connectivity index (χ1) is 7.93. The normalized spacial score (nSPS) is 32.0. The Morgan fingerprint density at radius 2 is 2.44 bits per heavy atom. The summed E-state index contributed by atoms with van der Waals surface area (Å²) < 4.78 is 5.46. The van der Waals surface area contributed by atoms with Gasteiger partial charge in [-0.05, 0) is 25.8 Å². The standard InChI is InChI=1S/C11H18N4O/c1-2-9(11-12-8-13-14-11)6-15(4-1)10-3-5-16-7-10/h8-10H,1-7H2,(H,12,13,14). The highest BCUT2D eigenvalue weighted by atomic mass is 16.5. The lowest BCUT2D eigenvalue weighted by Crippen LogP contribution is -2.42. The van der Waals surface area contributed by atoms with Crippen LogP contribution in [0, 0.1) is 0 Å². The van der Waals surface area contributed by atoms with Crippen molar-refractivity contribution in [3.8, 4) is 0 Å². The fourth-order valence-electron chi connectivity index (χ4n) is 2.78. The van der Waals surface area contributed by atoms with Gasteiger partial charge in [0.1, 0.15) is 12.2 Å². The predicted molar refractivity (Wildman–Crippen MR) is 59.2 cm³/mol. The molecule has 2 fully saturated rings. The van der Waals surface area contributed by atoms with Gasteiger partial charge in [0.2, 0.25) is 0 Å². The van der Waals surface area contributed by atoms with E-state index in [-0.39, 0.29) is 0 Å². The zero-order chi connectivity index (χ0) is 10.8. The molecular formula is C11H18N4O. The summed E-state index contributed by atoms with van der Waals surface area (Å²) in [5, 5.41) is 6.94. The van der Waals surface area contributed by atoms with Crippen LogP contribution in [0.25, 0.3) is 0 Å². The maximum Gasteiger partial charge on any atom is 0.137 e. The molecule has 1 aromatic rings. The van der Waals surface area contributed by atoms with E-state index in [2.05, 4.69) is 20.1 Å². The van der Waals surface area contributed by atoms with Gasteiger partial charge in [-0.2, -0.15) is 5.10 Å². The van der Waals surface area contributed by atoms with Gasteiger partial charge in [-0.1, -0.05) is 0 Å². The molecule has 1 aromatic heterocycles. The highest BCUT2D eigenvalue weighted by Gasteiger charge is 2.29. The number of likely N-dealkylation sites (tertiary alicyclic amines) is 1. The van der Waals surface area contributed by atoms with E-state index in [1.807, 2.05) is 0 Å². The van der Waals surface area contributed by atoms with Crippen molar-refractivity contribution in [1.29, 1.82) is 0 Å². The summed E-state index contributed by atoms with van der Waals surface area (Å²) in [6, 6.07) is 0.630.